The fraction of sp³-hybridized carbons (Fsp3) is 0.622. The summed E-state index contributed by atoms with van der Waals surface area (Å²) in [6, 6.07) is 21.7. The van der Waals surface area contributed by atoms with Gasteiger partial charge in [0.15, 0.2) is 5.79 Å². The lowest BCUT2D eigenvalue weighted by molar-refractivity contribution is -0.302. The van der Waals surface area contributed by atoms with Gasteiger partial charge in [0.2, 0.25) is 0 Å². The normalized spacial score (nSPS) is 35.2. The Balaban J connectivity index is 1.14. The molecule has 6 rings (SSSR count). The molecule has 2 saturated heterocycles. The van der Waals surface area contributed by atoms with Gasteiger partial charge in [-0.25, -0.2) is 0 Å². The first-order valence-electron chi connectivity index (χ1n) is 16.6. The lowest BCUT2D eigenvalue weighted by Crippen LogP contribution is -2.66. The van der Waals surface area contributed by atoms with Gasteiger partial charge in [-0.15, -0.1) is 0 Å². The van der Waals surface area contributed by atoms with E-state index in [1.165, 1.54) is 10.4 Å². The maximum Gasteiger partial charge on any atom is 0.261 e. The van der Waals surface area contributed by atoms with Crippen molar-refractivity contribution in [2.24, 2.45) is 17.8 Å². The van der Waals surface area contributed by atoms with Crippen LogP contribution in [-0.2, 0) is 18.6 Å². The highest BCUT2D eigenvalue weighted by Gasteiger charge is 2.66. The van der Waals surface area contributed by atoms with Crippen molar-refractivity contribution < 1.29 is 23.7 Å². The smallest absolute Gasteiger partial charge is 0.261 e. The predicted octanol–water partition coefficient (Wildman–Crippen LogP) is 6.37. The molecule has 0 radical (unpaired) electrons. The zero-order valence-electron chi connectivity index (χ0n) is 27.0. The molecule has 1 saturated carbocycles. The number of aliphatic hydroxyl groups is 1. The predicted molar refractivity (Wildman–Crippen MR) is 174 cm³/mol. The van der Waals surface area contributed by atoms with Crippen LogP contribution in [0, 0.1) is 17.8 Å². The average Bonchev–Trinajstić information content (AvgIpc) is 3.68. The fourth-order valence-corrected chi connectivity index (χ4v) is 13.3. The van der Waals surface area contributed by atoms with Crippen LogP contribution in [0.5, 0.6) is 0 Å². The fourth-order valence-electron chi connectivity index (χ4n) is 8.74. The first-order valence-corrected chi connectivity index (χ1v) is 18.5. The van der Waals surface area contributed by atoms with Gasteiger partial charge < -0.3 is 23.7 Å². The maximum atomic E-state index is 11.1. The minimum absolute atomic E-state index is 0.0511. The van der Waals surface area contributed by atoms with Crippen molar-refractivity contribution in [1.82, 2.24) is 0 Å². The van der Waals surface area contributed by atoms with Crippen LogP contribution in [0.3, 0.4) is 0 Å². The largest absolute Gasteiger partial charge is 0.407 e. The standard InChI is InChI=1S/C37H52O5Si/c1-26-21-23-37-33(42-37)20-19-32(38)34(37)31(26)18-17-27-25-28(41-36(5,6)40-27)22-24-39-43(35(2,3)4,29-13-9-7-10-14-29)30-15-11-8-12-16-30/h7-16,21,23,26-28,31-34,38H,17-20,22,24-25H2,1-6H3/t26-,27+,28-,31-,32-,33+,34-,37+/m0/s1. The number of hydrogen-bond acceptors (Lipinski definition) is 5. The molecule has 0 amide bonds. The molecule has 3 fully saturated rings. The third kappa shape index (κ3) is 5.96. The van der Waals surface area contributed by atoms with Gasteiger partial charge in [-0.1, -0.05) is 101 Å². The first-order chi connectivity index (χ1) is 20.5. The summed E-state index contributed by atoms with van der Waals surface area (Å²) in [6.07, 6.45) is 10.3. The van der Waals surface area contributed by atoms with Crippen molar-refractivity contribution in [3.05, 3.63) is 72.8 Å². The Morgan fingerprint density at radius 2 is 1.47 bits per heavy atom. The molecule has 0 unspecified atom stereocenters. The molecular weight excluding hydrogens is 552 g/mol. The molecule has 5 nitrogen and oxygen atoms in total. The van der Waals surface area contributed by atoms with E-state index < -0.39 is 14.1 Å². The Bertz CT molecular complexity index is 1220. The number of aliphatic hydroxyl groups excluding tert-OH is 1. The van der Waals surface area contributed by atoms with E-state index in [9.17, 15) is 5.11 Å². The van der Waals surface area contributed by atoms with Crippen LogP contribution in [0.2, 0.25) is 5.04 Å². The van der Waals surface area contributed by atoms with Crippen molar-refractivity contribution in [2.75, 3.05) is 6.61 Å². The number of rotatable bonds is 9. The molecule has 0 aromatic heterocycles. The monoisotopic (exact) mass is 604 g/mol. The summed E-state index contributed by atoms with van der Waals surface area (Å²) in [5.41, 5.74) is -0.217. The second kappa shape index (κ2) is 11.8. The summed E-state index contributed by atoms with van der Waals surface area (Å²) in [5, 5.41) is 13.6. The zero-order valence-corrected chi connectivity index (χ0v) is 28.0. The molecule has 0 bridgehead atoms. The zero-order chi connectivity index (χ0) is 30.5. The van der Waals surface area contributed by atoms with Crippen LogP contribution in [0.15, 0.2) is 72.8 Å². The lowest BCUT2D eigenvalue weighted by Gasteiger charge is -2.45. The number of allylic oxidation sites excluding steroid dienone is 1. The third-order valence-electron chi connectivity index (χ3n) is 10.7. The SMILES string of the molecule is C[C@H]1C=C[C@@]23O[C@@H]2CC[C@H](O)[C@@H]3[C@H]1CC[C@@H]1C[C@H](CCO[Si](c2ccccc2)(c2ccccc2)C(C)(C)C)OC(C)(C)O1. The van der Waals surface area contributed by atoms with Crippen molar-refractivity contribution in [3.63, 3.8) is 0 Å². The number of ether oxygens (including phenoxy) is 3. The molecule has 2 aliphatic carbocycles. The second-order valence-corrected chi connectivity index (χ2v) is 19.3. The number of epoxide rings is 1. The van der Waals surface area contributed by atoms with E-state index >= 15 is 0 Å². The summed E-state index contributed by atoms with van der Waals surface area (Å²) in [5.74, 6) is 0.377. The van der Waals surface area contributed by atoms with Gasteiger partial charge in [-0.05, 0) is 73.2 Å². The number of benzene rings is 2. The minimum atomic E-state index is -2.59. The van der Waals surface area contributed by atoms with Crippen LogP contribution >= 0.6 is 0 Å². The summed E-state index contributed by atoms with van der Waals surface area (Å²) in [6.45, 7) is 14.0. The Kier molecular flexibility index (Phi) is 8.59. The third-order valence-corrected chi connectivity index (χ3v) is 15.7. The lowest BCUT2D eigenvalue weighted by atomic mass is 9.62. The van der Waals surface area contributed by atoms with E-state index in [4.69, 9.17) is 18.6 Å². The molecule has 4 aliphatic rings. The quantitative estimate of drug-likeness (QED) is 0.205. The maximum absolute atomic E-state index is 11.1. The van der Waals surface area contributed by atoms with Gasteiger partial charge in [-0.3, -0.25) is 0 Å². The van der Waals surface area contributed by atoms with E-state index in [1.807, 2.05) is 13.8 Å². The summed E-state index contributed by atoms with van der Waals surface area (Å²) in [7, 11) is -2.59. The van der Waals surface area contributed by atoms with Crippen LogP contribution in [0.1, 0.15) is 80.1 Å². The summed E-state index contributed by atoms with van der Waals surface area (Å²) in [4.78, 5) is 0. The molecule has 1 spiro atoms. The average molecular weight is 605 g/mol. The Hall–Kier alpha value is -1.80. The van der Waals surface area contributed by atoms with Gasteiger partial charge in [0.25, 0.3) is 8.32 Å². The molecule has 2 aliphatic heterocycles. The van der Waals surface area contributed by atoms with Crippen molar-refractivity contribution in [1.29, 1.82) is 0 Å². The van der Waals surface area contributed by atoms with E-state index in [-0.39, 0.29) is 34.9 Å². The van der Waals surface area contributed by atoms with Crippen LogP contribution < -0.4 is 10.4 Å². The van der Waals surface area contributed by atoms with Crippen molar-refractivity contribution in [2.45, 2.75) is 121 Å². The van der Waals surface area contributed by atoms with E-state index in [0.717, 1.165) is 38.5 Å². The van der Waals surface area contributed by atoms with Gasteiger partial charge in [0, 0.05) is 18.9 Å². The second-order valence-electron chi connectivity index (χ2n) is 15.0. The highest BCUT2D eigenvalue weighted by Crippen LogP contribution is 2.59. The van der Waals surface area contributed by atoms with E-state index in [2.05, 4.69) is 101 Å². The van der Waals surface area contributed by atoms with Gasteiger partial charge in [0.1, 0.15) is 5.60 Å². The number of hydrogen-bond donors (Lipinski definition) is 1. The van der Waals surface area contributed by atoms with Crippen LogP contribution in [0.4, 0.5) is 0 Å². The van der Waals surface area contributed by atoms with E-state index in [0.29, 0.717) is 24.5 Å². The molecule has 234 valence electrons. The topological polar surface area (TPSA) is 60.5 Å². The molecule has 2 aromatic carbocycles. The molecule has 2 heterocycles. The molecule has 1 N–H and O–H groups in total. The summed E-state index contributed by atoms with van der Waals surface area (Å²) >= 11 is 0. The minimum Gasteiger partial charge on any atom is -0.407 e. The van der Waals surface area contributed by atoms with Crippen molar-refractivity contribution in [3.8, 4) is 0 Å². The first kappa shape index (κ1) is 31.2. The van der Waals surface area contributed by atoms with Gasteiger partial charge in [-0.2, -0.15) is 0 Å². The highest BCUT2D eigenvalue weighted by molar-refractivity contribution is 6.99. The van der Waals surface area contributed by atoms with Gasteiger partial charge >= 0.3 is 0 Å². The summed E-state index contributed by atoms with van der Waals surface area (Å²) < 4.78 is 26.4. The molecular formula is C37H52O5Si. The van der Waals surface area contributed by atoms with Crippen LogP contribution in [-0.4, -0.2) is 55.8 Å². The van der Waals surface area contributed by atoms with E-state index in [1.54, 1.807) is 0 Å². The molecule has 6 heteroatoms. The Morgan fingerprint density at radius 1 is 0.860 bits per heavy atom. The molecule has 8 atom stereocenters. The molecule has 43 heavy (non-hydrogen) atoms. The molecule has 2 aromatic rings. The Labute approximate surface area is 260 Å². The van der Waals surface area contributed by atoms with Gasteiger partial charge in [0.05, 0.1) is 24.4 Å². The highest BCUT2D eigenvalue weighted by atomic mass is 28.4. The Morgan fingerprint density at radius 3 is 2.07 bits per heavy atom. The van der Waals surface area contributed by atoms with Crippen molar-refractivity contribution >= 4 is 18.7 Å². The van der Waals surface area contributed by atoms with Crippen LogP contribution in [0.25, 0.3) is 0 Å².